The SMILES string of the molecule is CCCCCNC(=O)C(c1ccc(CC)cc1)N(CCCC)C(=O)C(Cc1ccccc1)NC(=O)OC(C)(C)C. The van der Waals surface area contributed by atoms with Crippen LogP contribution in [0, 0.1) is 0 Å². The van der Waals surface area contributed by atoms with E-state index in [1.54, 1.807) is 25.7 Å². The average Bonchev–Trinajstić information content (AvgIpc) is 2.92. The normalized spacial score (nSPS) is 12.8. The predicted molar refractivity (Wildman–Crippen MR) is 161 cm³/mol. The third kappa shape index (κ3) is 11.0. The Balaban J connectivity index is 2.49. The summed E-state index contributed by atoms with van der Waals surface area (Å²) in [5.74, 6) is -0.517. The quantitative estimate of drug-likeness (QED) is 0.252. The molecule has 0 saturated heterocycles. The summed E-state index contributed by atoms with van der Waals surface area (Å²) in [5, 5.41) is 5.89. The molecule has 0 aliphatic heterocycles. The van der Waals surface area contributed by atoms with Crippen molar-refractivity contribution in [2.45, 2.75) is 104 Å². The molecule has 0 aliphatic carbocycles. The highest BCUT2D eigenvalue weighted by Crippen LogP contribution is 2.25. The molecule has 0 heterocycles. The van der Waals surface area contributed by atoms with Gasteiger partial charge in [-0.05, 0) is 56.7 Å². The molecule has 220 valence electrons. The van der Waals surface area contributed by atoms with Crippen molar-refractivity contribution in [3.8, 4) is 0 Å². The average molecular weight is 552 g/mol. The largest absolute Gasteiger partial charge is 0.444 e. The van der Waals surface area contributed by atoms with E-state index in [0.717, 1.165) is 55.2 Å². The van der Waals surface area contributed by atoms with Crippen LogP contribution in [0.5, 0.6) is 0 Å². The van der Waals surface area contributed by atoms with Crippen LogP contribution >= 0.6 is 0 Å². The highest BCUT2D eigenvalue weighted by molar-refractivity contribution is 5.92. The number of unbranched alkanes of at least 4 members (excludes halogenated alkanes) is 3. The second-order valence-electron chi connectivity index (χ2n) is 11.3. The minimum atomic E-state index is -0.903. The number of aryl methyl sites for hydroxylation is 1. The van der Waals surface area contributed by atoms with Crippen molar-refractivity contribution in [2.24, 2.45) is 0 Å². The van der Waals surface area contributed by atoms with Crippen molar-refractivity contribution in [2.75, 3.05) is 13.1 Å². The minimum absolute atomic E-state index is 0.208. The number of ether oxygens (including phenoxy) is 1. The molecule has 2 aromatic carbocycles. The standard InChI is InChI=1S/C33H49N3O4/c1-7-10-15-22-34-30(37)29(27-20-18-25(9-3)19-21-27)36(23-11-8-2)31(38)28(24-26-16-13-12-14-17-26)35-32(39)40-33(4,5)6/h12-14,16-21,28-29H,7-11,15,22-24H2,1-6H3,(H,34,37)(H,35,39). The molecule has 3 amide bonds. The van der Waals surface area contributed by atoms with E-state index in [2.05, 4.69) is 31.4 Å². The maximum absolute atomic E-state index is 14.3. The molecule has 2 N–H and O–H groups in total. The van der Waals surface area contributed by atoms with Gasteiger partial charge in [-0.15, -0.1) is 0 Å². The molecule has 2 aromatic rings. The van der Waals surface area contributed by atoms with Crippen LogP contribution in [0.4, 0.5) is 4.79 Å². The molecule has 2 unspecified atom stereocenters. The van der Waals surface area contributed by atoms with Crippen molar-refractivity contribution >= 4 is 17.9 Å². The first-order valence-electron chi connectivity index (χ1n) is 14.8. The molecule has 0 bridgehead atoms. The molecule has 40 heavy (non-hydrogen) atoms. The number of hydrogen-bond donors (Lipinski definition) is 2. The molecular formula is C33H49N3O4. The van der Waals surface area contributed by atoms with Crippen LogP contribution in [-0.2, 0) is 27.2 Å². The second kappa shape index (κ2) is 16.7. The van der Waals surface area contributed by atoms with Gasteiger partial charge in [0.25, 0.3) is 0 Å². The van der Waals surface area contributed by atoms with Gasteiger partial charge in [-0.3, -0.25) is 9.59 Å². The summed E-state index contributed by atoms with van der Waals surface area (Å²) in [6.07, 6.45) is 5.03. The van der Waals surface area contributed by atoms with Crippen molar-refractivity contribution in [1.29, 1.82) is 0 Å². The number of amides is 3. The number of carbonyl (C=O) groups is 3. The zero-order valence-corrected chi connectivity index (χ0v) is 25.3. The fourth-order valence-corrected chi connectivity index (χ4v) is 4.49. The van der Waals surface area contributed by atoms with E-state index >= 15 is 0 Å². The van der Waals surface area contributed by atoms with Gasteiger partial charge in [-0.2, -0.15) is 0 Å². The van der Waals surface area contributed by atoms with E-state index in [-0.39, 0.29) is 18.2 Å². The Morgan fingerprint density at radius 1 is 0.850 bits per heavy atom. The number of nitrogens with one attached hydrogen (secondary N) is 2. The van der Waals surface area contributed by atoms with Crippen molar-refractivity contribution in [1.82, 2.24) is 15.5 Å². The highest BCUT2D eigenvalue weighted by atomic mass is 16.6. The van der Waals surface area contributed by atoms with Gasteiger partial charge in [-0.25, -0.2) is 4.79 Å². The lowest BCUT2D eigenvalue weighted by Crippen LogP contribution is -2.54. The third-order valence-corrected chi connectivity index (χ3v) is 6.65. The molecule has 0 saturated carbocycles. The van der Waals surface area contributed by atoms with Gasteiger partial charge in [0.15, 0.2) is 0 Å². The van der Waals surface area contributed by atoms with Gasteiger partial charge >= 0.3 is 6.09 Å². The predicted octanol–water partition coefficient (Wildman–Crippen LogP) is 6.36. The first-order chi connectivity index (χ1) is 19.1. The Morgan fingerprint density at radius 3 is 2.08 bits per heavy atom. The van der Waals surface area contributed by atoms with Crippen LogP contribution in [0.15, 0.2) is 54.6 Å². The van der Waals surface area contributed by atoms with E-state index in [9.17, 15) is 14.4 Å². The summed E-state index contributed by atoms with van der Waals surface area (Å²) >= 11 is 0. The molecule has 0 spiro atoms. The van der Waals surface area contributed by atoms with E-state index < -0.39 is 23.8 Å². The number of hydrogen-bond acceptors (Lipinski definition) is 4. The zero-order valence-electron chi connectivity index (χ0n) is 25.3. The fourth-order valence-electron chi connectivity index (χ4n) is 4.49. The third-order valence-electron chi connectivity index (χ3n) is 6.65. The van der Waals surface area contributed by atoms with Gasteiger partial charge in [0.05, 0.1) is 0 Å². The maximum atomic E-state index is 14.3. The van der Waals surface area contributed by atoms with Crippen LogP contribution in [-0.4, -0.2) is 47.5 Å². The van der Waals surface area contributed by atoms with E-state index in [1.165, 1.54) is 0 Å². The summed E-state index contributed by atoms with van der Waals surface area (Å²) in [7, 11) is 0. The molecule has 2 rings (SSSR count). The molecule has 0 radical (unpaired) electrons. The number of nitrogens with zero attached hydrogens (tertiary/aromatic N) is 1. The van der Waals surface area contributed by atoms with Gasteiger partial charge in [0.2, 0.25) is 11.8 Å². The number of carbonyl (C=O) groups excluding carboxylic acids is 3. The monoisotopic (exact) mass is 551 g/mol. The summed E-state index contributed by atoms with van der Waals surface area (Å²) in [6.45, 7) is 12.6. The first-order valence-corrected chi connectivity index (χ1v) is 14.8. The van der Waals surface area contributed by atoms with Crippen LogP contribution in [0.2, 0.25) is 0 Å². The summed E-state index contributed by atoms with van der Waals surface area (Å²) in [6, 6.07) is 15.7. The summed E-state index contributed by atoms with van der Waals surface area (Å²) in [4.78, 5) is 42.6. The Hall–Kier alpha value is -3.35. The van der Waals surface area contributed by atoms with Crippen LogP contribution < -0.4 is 10.6 Å². The van der Waals surface area contributed by atoms with Crippen LogP contribution in [0.3, 0.4) is 0 Å². The van der Waals surface area contributed by atoms with Crippen molar-refractivity contribution < 1.29 is 19.1 Å². The van der Waals surface area contributed by atoms with E-state index in [4.69, 9.17) is 4.74 Å². The molecule has 0 aromatic heterocycles. The second-order valence-corrected chi connectivity index (χ2v) is 11.3. The van der Waals surface area contributed by atoms with Gasteiger partial charge < -0.3 is 20.3 Å². The maximum Gasteiger partial charge on any atom is 0.408 e. The Morgan fingerprint density at radius 2 is 1.50 bits per heavy atom. The highest BCUT2D eigenvalue weighted by Gasteiger charge is 2.36. The molecule has 7 heteroatoms. The molecule has 0 fully saturated rings. The molecule has 2 atom stereocenters. The Labute approximate surface area is 241 Å². The lowest BCUT2D eigenvalue weighted by atomic mass is 9.98. The van der Waals surface area contributed by atoms with Crippen molar-refractivity contribution in [3.63, 3.8) is 0 Å². The summed E-state index contributed by atoms with van der Waals surface area (Å²) in [5.41, 5.74) is 2.10. The van der Waals surface area contributed by atoms with Gasteiger partial charge in [0.1, 0.15) is 17.7 Å². The first kappa shape index (κ1) is 32.9. The number of rotatable bonds is 15. The fraction of sp³-hybridized carbons (Fsp3) is 0.545. The lowest BCUT2D eigenvalue weighted by molar-refractivity contribution is -0.142. The molecule has 0 aliphatic rings. The van der Waals surface area contributed by atoms with Gasteiger partial charge in [-0.1, -0.05) is 94.6 Å². The van der Waals surface area contributed by atoms with Crippen LogP contribution in [0.25, 0.3) is 0 Å². The van der Waals surface area contributed by atoms with Crippen LogP contribution in [0.1, 0.15) is 96.4 Å². The van der Waals surface area contributed by atoms with E-state index in [1.807, 2.05) is 54.6 Å². The van der Waals surface area contributed by atoms with Crippen molar-refractivity contribution in [3.05, 3.63) is 71.3 Å². The summed E-state index contributed by atoms with van der Waals surface area (Å²) < 4.78 is 5.51. The smallest absolute Gasteiger partial charge is 0.408 e. The Kier molecular flexibility index (Phi) is 13.7. The lowest BCUT2D eigenvalue weighted by Gasteiger charge is -2.34. The van der Waals surface area contributed by atoms with Gasteiger partial charge in [0, 0.05) is 19.5 Å². The topological polar surface area (TPSA) is 87.7 Å². The number of benzene rings is 2. The molecular weight excluding hydrogens is 502 g/mol. The zero-order chi connectivity index (χ0) is 29.5. The number of alkyl carbamates (subject to hydrolysis) is 1. The minimum Gasteiger partial charge on any atom is -0.444 e. The van der Waals surface area contributed by atoms with E-state index in [0.29, 0.717) is 13.1 Å². The molecule has 7 nitrogen and oxygen atoms in total. The Bertz CT molecular complexity index is 1050.